The lowest BCUT2D eigenvalue weighted by atomic mass is 9.88. The van der Waals surface area contributed by atoms with E-state index in [0.717, 1.165) is 16.8 Å². The third kappa shape index (κ3) is 1.26. The van der Waals surface area contributed by atoms with Gasteiger partial charge in [-0.05, 0) is 17.2 Å². The van der Waals surface area contributed by atoms with Gasteiger partial charge in [0, 0.05) is 5.69 Å². The van der Waals surface area contributed by atoms with E-state index in [1.54, 1.807) is 0 Å². The lowest BCUT2D eigenvalue weighted by molar-refractivity contribution is -0.115. The van der Waals surface area contributed by atoms with Crippen LogP contribution in [0.4, 0.5) is 5.69 Å². The highest BCUT2D eigenvalue weighted by atomic mass is 16.5. The van der Waals surface area contributed by atoms with Gasteiger partial charge in [0.1, 0.15) is 0 Å². The molecule has 0 atom stereocenters. The number of hydrogen-bond acceptors (Lipinski definition) is 3. The predicted molar refractivity (Wildman–Crippen MR) is 55.5 cm³/mol. The van der Waals surface area contributed by atoms with Gasteiger partial charge in [0.15, 0.2) is 0 Å². The Labute approximate surface area is 87.4 Å². The molecule has 2 aliphatic heterocycles. The minimum atomic E-state index is -0.347. The molecule has 1 aromatic carbocycles. The summed E-state index contributed by atoms with van der Waals surface area (Å²) in [6.07, 6.45) is 0.458. The highest BCUT2D eigenvalue weighted by Gasteiger charge is 2.36. The van der Waals surface area contributed by atoms with Gasteiger partial charge >= 0.3 is 0 Å². The van der Waals surface area contributed by atoms with E-state index in [2.05, 4.69) is 5.32 Å². The largest absolute Gasteiger partial charge is 0.377 e. The number of fused-ring (bicyclic) bond motifs is 1. The lowest BCUT2D eigenvalue weighted by Crippen LogP contribution is -2.54. The van der Waals surface area contributed by atoms with Gasteiger partial charge in [-0.15, -0.1) is 0 Å². The van der Waals surface area contributed by atoms with E-state index >= 15 is 0 Å². The maximum Gasteiger partial charge on any atom is 0.228 e. The summed E-state index contributed by atoms with van der Waals surface area (Å²) in [5, 5.41) is 2.80. The zero-order valence-corrected chi connectivity index (χ0v) is 8.25. The van der Waals surface area contributed by atoms with Crippen LogP contribution in [0.15, 0.2) is 18.2 Å². The normalized spacial score (nSPS) is 21.8. The number of anilines is 1. The van der Waals surface area contributed by atoms with Crippen molar-refractivity contribution in [2.24, 2.45) is 5.73 Å². The smallest absolute Gasteiger partial charge is 0.228 e. The van der Waals surface area contributed by atoms with Crippen LogP contribution in [0.5, 0.6) is 0 Å². The van der Waals surface area contributed by atoms with Gasteiger partial charge in [0.2, 0.25) is 5.91 Å². The van der Waals surface area contributed by atoms with Crippen molar-refractivity contribution in [1.82, 2.24) is 0 Å². The van der Waals surface area contributed by atoms with Crippen LogP contribution < -0.4 is 11.1 Å². The van der Waals surface area contributed by atoms with Crippen molar-refractivity contribution in [1.29, 1.82) is 0 Å². The number of carbonyl (C=O) groups is 1. The monoisotopic (exact) mass is 204 g/mol. The van der Waals surface area contributed by atoms with Gasteiger partial charge in [0.25, 0.3) is 0 Å². The first-order chi connectivity index (χ1) is 7.17. The van der Waals surface area contributed by atoms with Crippen molar-refractivity contribution >= 4 is 11.6 Å². The highest BCUT2D eigenvalue weighted by Crippen LogP contribution is 2.31. The molecule has 4 nitrogen and oxygen atoms in total. The van der Waals surface area contributed by atoms with Gasteiger partial charge in [0.05, 0.1) is 25.2 Å². The Kier molecular flexibility index (Phi) is 1.66. The number of rotatable bonds is 1. The zero-order valence-electron chi connectivity index (χ0n) is 8.25. The molecule has 2 heterocycles. The van der Waals surface area contributed by atoms with Gasteiger partial charge in [-0.1, -0.05) is 12.1 Å². The van der Waals surface area contributed by atoms with Gasteiger partial charge in [-0.3, -0.25) is 4.79 Å². The summed E-state index contributed by atoms with van der Waals surface area (Å²) in [6, 6.07) is 5.89. The molecule has 0 aliphatic carbocycles. The first-order valence-electron chi connectivity index (χ1n) is 4.97. The van der Waals surface area contributed by atoms with Crippen LogP contribution in [0.3, 0.4) is 0 Å². The minimum Gasteiger partial charge on any atom is -0.377 e. The van der Waals surface area contributed by atoms with Crippen LogP contribution in [0, 0.1) is 0 Å². The Morgan fingerprint density at radius 1 is 1.40 bits per heavy atom. The van der Waals surface area contributed by atoms with Crippen LogP contribution in [0.25, 0.3) is 0 Å². The molecule has 1 amide bonds. The predicted octanol–water partition coefficient (Wildman–Crippen LogP) is 0.365. The molecule has 0 saturated carbocycles. The number of carbonyl (C=O) groups excluding carboxylic acids is 1. The molecule has 0 bridgehead atoms. The van der Waals surface area contributed by atoms with E-state index in [1.807, 2.05) is 18.2 Å². The maximum absolute atomic E-state index is 11.2. The topological polar surface area (TPSA) is 64.4 Å². The van der Waals surface area contributed by atoms with Crippen LogP contribution >= 0.6 is 0 Å². The third-order valence-corrected chi connectivity index (χ3v) is 3.02. The van der Waals surface area contributed by atoms with Gasteiger partial charge in [-0.25, -0.2) is 0 Å². The van der Waals surface area contributed by atoms with E-state index in [4.69, 9.17) is 10.5 Å². The number of nitrogens with one attached hydrogen (secondary N) is 1. The van der Waals surface area contributed by atoms with Crippen molar-refractivity contribution in [2.75, 3.05) is 18.5 Å². The number of hydrogen-bond donors (Lipinski definition) is 2. The van der Waals surface area contributed by atoms with Crippen molar-refractivity contribution in [3.05, 3.63) is 29.3 Å². The fraction of sp³-hybridized carbons (Fsp3) is 0.364. The molecule has 2 aliphatic rings. The molecule has 0 unspecified atom stereocenters. The molecule has 3 N–H and O–H groups in total. The fourth-order valence-electron chi connectivity index (χ4n) is 2.03. The summed E-state index contributed by atoms with van der Waals surface area (Å²) in [4.78, 5) is 11.2. The second-order valence-electron chi connectivity index (χ2n) is 4.25. The van der Waals surface area contributed by atoms with Crippen LogP contribution in [0.2, 0.25) is 0 Å². The third-order valence-electron chi connectivity index (χ3n) is 3.02. The quantitative estimate of drug-likeness (QED) is 0.694. The zero-order chi connectivity index (χ0) is 10.5. The number of amides is 1. The summed E-state index contributed by atoms with van der Waals surface area (Å²) < 4.78 is 5.13. The number of benzene rings is 1. The first kappa shape index (κ1) is 8.88. The SMILES string of the molecule is NC1(c2ccc3c(c2)CC(=O)N3)COC1. The molecule has 3 rings (SSSR count). The fourth-order valence-corrected chi connectivity index (χ4v) is 2.03. The number of nitrogens with two attached hydrogens (primary N) is 1. The van der Waals surface area contributed by atoms with Crippen LogP contribution in [-0.4, -0.2) is 19.1 Å². The summed E-state index contributed by atoms with van der Waals surface area (Å²) in [6.45, 7) is 1.13. The number of ether oxygens (including phenoxy) is 1. The van der Waals surface area contributed by atoms with E-state index in [1.165, 1.54) is 0 Å². The Balaban J connectivity index is 1.99. The Hall–Kier alpha value is -1.39. The summed E-state index contributed by atoms with van der Waals surface area (Å²) >= 11 is 0. The van der Waals surface area contributed by atoms with E-state index in [-0.39, 0.29) is 11.4 Å². The van der Waals surface area contributed by atoms with Gasteiger partial charge in [-0.2, -0.15) is 0 Å². The Morgan fingerprint density at radius 2 is 2.20 bits per heavy atom. The molecular formula is C11H12N2O2. The lowest BCUT2D eigenvalue weighted by Gasteiger charge is -2.38. The molecule has 0 aromatic heterocycles. The standard InChI is InChI=1S/C11H12N2O2/c12-11(5-15-6-11)8-1-2-9-7(3-8)4-10(14)13-9/h1-3H,4-6,12H2,(H,13,14). The Morgan fingerprint density at radius 3 is 2.87 bits per heavy atom. The highest BCUT2D eigenvalue weighted by molar-refractivity contribution is 5.99. The van der Waals surface area contributed by atoms with Crippen molar-refractivity contribution in [2.45, 2.75) is 12.0 Å². The van der Waals surface area contributed by atoms with Crippen LogP contribution in [-0.2, 0) is 21.5 Å². The molecular weight excluding hydrogens is 192 g/mol. The van der Waals surface area contributed by atoms with Crippen molar-refractivity contribution in [3.63, 3.8) is 0 Å². The van der Waals surface area contributed by atoms with E-state index in [9.17, 15) is 4.79 Å². The van der Waals surface area contributed by atoms with Crippen molar-refractivity contribution in [3.8, 4) is 0 Å². The van der Waals surface area contributed by atoms with Gasteiger partial charge < -0.3 is 15.8 Å². The molecule has 15 heavy (non-hydrogen) atoms. The second kappa shape index (κ2) is 2.81. The average Bonchev–Trinajstić information content (AvgIpc) is 2.53. The summed E-state index contributed by atoms with van der Waals surface area (Å²) in [5.41, 5.74) is 8.78. The molecule has 1 saturated heterocycles. The minimum absolute atomic E-state index is 0.0538. The molecule has 1 fully saturated rings. The summed E-state index contributed by atoms with van der Waals surface area (Å²) in [5.74, 6) is 0.0538. The first-order valence-corrected chi connectivity index (χ1v) is 4.97. The molecule has 1 aromatic rings. The summed E-state index contributed by atoms with van der Waals surface area (Å²) in [7, 11) is 0. The molecule has 0 spiro atoms. The Bertz CT molecular complexity index is 438. The van der Waals surface area contributed by atoms with Crippen molar-refractivity contribution < 1.29 is 9.53 Å². The second-order valence-corrected chi connectivity index (χ2v) is 4.25. The van der Waals surface area contributed by atoms with Crippen LogP contribution in [0.1, 0.15) is 11.1 Å². The van der Waals surface area contributed by atoms with E-state index in [0.29, 0.717) is 19.6 Å². The molecule has 78 valence electrons. The maximum atomic E-state index is 11.2. The average molecular weight is 204 g/mol. The molecule has 0 radical (unpaired) electrons. The van der Waals surface area contributed by atoms with E-state index < -0.39 is 0 Å². The molecule has 4 heteroatoms.